The van der Waals surface area contributed by atoms with Crippen molar-refractivity contribution >= 4 is 11.6 Å². The number of rotatable bonds is 4. The van der Waals surface area contributed by atoms with Crippen molar-refractivity contribution in [2.45, 2.75) is 12.5 Å². The number of aromatic nitrogens is 2. The van der Waals surface area contributed by atoms with Gasteiger partial charge in [0, 0.05) is 18.5 Å². The maximum Gasteiger partial charge on any atom is 0.162 e. The van der Waals surface area contributed by atoms with Crippen LogP contribution in [0.5, 0.6) is 5.75 Å². The molecule has 0 aliphatic rings. The molecule has 1 aromatic carbocycles. The zero-order valence-electron chi connectivity index (χ0n) is 10.3. The van der Waals surface area contributed by atoms with Gasteiger partial charge in [0.05, 0.1) is 13.3 Å². The third-order valence-electron chi connectivity index (χ3n) is 2.83. The zero-order valence-corrected chi connectivity index (χ0v) is 11.1. The molecule has 1 atom stereocenters. The average molecular weight is 267 g/mol. The van der Waals surface area contributed by atoms with Gasteiger partial charge in [-0.3, -0.25) is 4.68 Å². The predicted molar refractivity (Wildman–Crippen MR) is 69.9 cm³/mol. The van der Waals surface area contributed by atoms with Crippen molar-refractivity contribution < 1.29 is 9.84 Å². The van der Waals surface area contributed by atoms with Gasteiger partial charge in [-0.2, -0.15) is 5.10 Å². The first-order chi connectivity index (χ1) is 8.61. The molecule has 0 radical (unpaired) electrons. The van der Waals surface area contributed by atoms with Crippen molar-refractivity contribution in [1.82, 2.24) is 9.78 Å². The van der Waals surface area contributed by atoms with Crippen molar-refractivity contribution in [1.29, 1.82) is 0 Å². The molecule has 4 nitrogen and oxygen atoms in total. The van der Waals surface area contributed by atoms with Crippen molar-refractivity contribution in [3.63, 3.8) is 0 Å². The van der Waals surface area contributed by atoms with Crippen molar-refractivity contribution in [2.75, 3.05) is 7.11 Å². The summed E-state index contributed by atoms with van der Waals surface area (Å²) in [6.07, 6.45) is 1.43. The highest BCUT2D eigenvalue weighted by atomic mass is 35.5. The lowest BCUT2D eigenvalue weighted by molar-refractivity contribution is 0.164. The largest absolute Gasteiger partial charge is 0.493 e. The Hall–Kier alpha value is -1.52. The third kappa shape index (κ3) is 2.66. The topological polar surface area (TPSA) is 47.3 Å². The second kappa shape index (κ2) is 5.42. The SMILES string of the molecule is COc1cnn(C)c1C(O)Cc1ccc(Cl)cc1. The molecule has 1 aromatic heterocycles. The highest BCUT2D eigenvalue weighted by molar-refractivity contribution is 6.30. The molecule has 0 fully saturated rings. The predicted octanol–water partition coefficient (Wildman–Crippen LogP) is 2.36. The summed E-state index contributed by atoms with van der Waals surface area (Å²) in [6.45, 7) is 0. The molecule has 0 aliphatic carbocycles. The van der Waals surface area contributed by atoms with Crippen molar-refractivity contribution in [3.8, 4) is 5.75 Å². The van der Waals surface area contributed by atoms with E-state index in [0.717, 1.165) is 5.56 Å². The second-order valence-electron chi connectivity index (χ2n) is 4.07. The van der Waals surface area contributed by atoms with E-state index in [1.165, 1.54) is 0 Å². The standard InChI is InChI=1S/C13H15ClN2O2/c1-16-13(12(18-2)8-15-16)11(17)7-9-3-5-10(14)6-4-9/h3-6,8,11,17H,7H2,1-2H3. The van der Waals surface area contributed by atoms with Gasteiger partial charge in [-0.25, -0.2) is 0 Å². The lowest BCUT2D eigenvalue weighted by atomic mass is 10.1. The van der Waals surface area contributed by atoms with Crippen LogP contribution in [0.1, 0.15) is 17.4 Å². The van der Waals surface area contributed by atoms with E-state index in [1.807, 2.05) is 24.3 Å². The molecule has 1 N–H and O–H groups in total. The van der Waals surface area contributed by atoms with Crippen LogP contribution in [-0.2, 0) is 13.5 Å². The molecule has 96 valence electrons. The van der Waals surface area contributed by atoms with Gasteiger partial charge in [0.15, 0.2) is 5.75 Å². The molecule has 0 saturated heterocycles. The van der Waals surface area contributed by atoms with Crippen LogP contribution >= 0.6 is 11.6 Å². The molecule has 2 aromatic rings. The van der Waals surface area contributed by atoms with Gasteiger partial charge in [0.2, 0.25) is 0 Å². The summed E-state index contributed by atoms with van der Waals surface area (Å²) < 4.78 is 6.80. The number of nitrogens with zero attached hydrogens (tertiary/aromatic N) is 2. The molecule has 2 rings (SSSR count). The van der Waals surface area contributed by atoms with Crippen LogP contribution < -0.4 is 4.74 Å². The summed E-state index contributed by atoms with van der Waals surface area (Å²) in [5.74, 6) is 0.596. The minimum absolute atomic E-state index is 0.493. The fourth-order valence-electron chi connectivity index (χ4n) is 1.90. The summed E-state index contributed by atoms with van der Waals surface area (Å²) in [4.78, 5) is 0. The van der Waals surface area contributed by atoms with Crippen LogP contribution in [0.2, 0.25) is 5.02 Å². The fraction of sp³-hybridized carbons (Fsp3) is 0.308. The normalized spacial score (nSPS) is 12.4. The Balaban J connectivity index is 2.18. The molecule has 0 bridgehead atoms. The van der Waals surface area contributed by atoms with Crippen LogP contribution in [0, 0.1) is 0 Å². The number of ether oxygens (including phenoxy) is 1. The Kier molecular flexibility index (Phi) is 3.89. The molecule has 0 aliphatic heterocycles. The average Bonchev–Trinajstić information content (AvgIpc) is 2.73. The summed E-state index contributed by atoms with van der Waals surface area (Å²) in [5.41, 5.74) is 1.68. The van der Waals surface area contributed by atoms with E-state index in [0.29, 0.717) is 22.9 Å². The second-order valence-corrected chi connectivity index (χ2v) is 4.50. The summed E-state index contributed by atoms with van der Waals surface area (Å²) in [6, 6.07) is 7.41. The van der Waals surface area contributed by atoms with E-state index in [9.17, 15) is 5.11 Å². The lowest BCUT2D eigenvalue weighted by Crippen LogP contribution is -2.09. The number of methoxy groups -OCH3 is 1. The van der Waals surface area contributed by atoms with E-state index in [-0.39, 0.29) is 0 Å². The Morgan fingerprint density at radius 3 is 2.67 bits per heavy atom. The number of benzene rings is 1. The number of hydrogen-bond acceptors (Lipinski definition) is 3. The molecule has 0 saturated carbocycles. The minimum Gasteiger partial charge on any atom is -0.493 e. The van der Waals surface area contributed by atoms with Gasteiger partial charge in [-0.05, 0) is 17.7 Å². The molecular weight excluding hydrogens is 252 g/mol. The Bertz CT molecular complexity index is 522. The van der Waals surface area contributed by atoms with Crippen molar-refractivity contribution in [3.05, 3.63) is 46.7 Å². The molecular formula is C13H15ClN2O2. The van der Waals surface area contributed by atoms with Gasteiger partial charge in [0.1, 0.15) is 11.8 Å². The van der Waals surface area contributed by atoms with E-state index >= 15 is 0 Å². The van der Waals surface area contributed by atoms with Gasteiger partial charge >= 0.3 is 0 Å². The van der Waals surface area contributed by atoms with Crippen LogP contribution in [0.4, 0.5) is 0 Å². The Labute approximate surface area is 111 Å². The Morgan fingerprint density at radius 2 is 2.06 bits per heavy atom. The quantitative estimate of drug-likeness (QED) is 0.924. The molecule has 1 unspecified atom stereocenters. The molecule has 0 spiro atoms. The summed E-state index contributed by atoms with van der Waals surface area (Å²) in [7, 11) is 3.35. The fourth-order valence-corrected chi connectivity index (χ4v) is 2.03. The van der Waals surface area contributed by atoms with Crippen LogP contribution in [0.15, 0.2) is 30.5 Å². The Morgan fingerprint density at radius 1 is 1.39 bits per heavy atom. The lowest BCUT2D eigenvalue weighted by Gasteiger charge is -2.13. The smallest absolute Gasteiger partial charge is 0.162 e. The van der Waals surface area contributed by atoms with E-state index in [2.05, 4.69) is 5.10 Å². The van der Waals surface area contributed by atoms with Gasteiger partial charge in [-0.1, -0.05) is 23.7 Å². The van der Waals surface area contributed by atoms with Crippen molar-refractivity contribution in [2.24, 2.45) is 7.05 Å². The first-order valence-corrected chi connectivity index (χ1v) is 5.98. The summed E-state index contributed by atoms with van der Waals surface area (Å²) in [5, 5.41) is 15.0. The van der Waals surface area contributed by atoms with E-state index < -0.39 is 6.10 Å². The number of halogens is 1. The van der Waals surface area contributed by atoms with Crippen LogP contribution in [0.25, 0.3) is 0 Å². The minimum atomic E-state index is -0.659. The maximum absolute atomic E-state index is 10.3. The van der Waals surface area contributed by atoms with E-state index in [4.69, 9.17) is 16.3 Å². The molecule has 1 heterocycles. The maximum atomic E-state index is 10.3. The number of aliphatic hydroxyl groups excluding tert-OH is 1. The molecule has 5 heteroatoms. The van der Waals surface area contributed by atoms with Crippen LogP contribution in [-0.4, -0.2) is 22.0 Å². The number of aliphatic hydroxyl groups is 1. The van der Waals surface area contributed by atoms with Crippen LogP contribution in [0.3, 0.4) is 0 Å². The monoisotopic (exact) mass is 266 g/mol. The first-order valence-electron chi connectivity index (χ1n) is 5.60. The van der Waals surface area contributed by atoms with Gasteiger partial charge in [-0.15, -0.1) is 0 Å². The first kappa shape index (κ1) is 12.9. The highest BCUT2D eigenvalue weighted by Crippen LogP contribution is 2.27. The summed E-state index contributed by atoms with van der Waals surface area (Å²) >= 11 is 5.82. The van der Waals surface area contributed by atoms with E-state index in [1.54, 1.807) is 25.0 Å². The highest BCUT2D eigenvalue weighted by Gasteiger charge is 2.18. The zero-order chi connectivity index (χ0) is 13.1. The molecule has 0 amide bonds. The molecule has 18 heavy (non-hydrogen) atoms. The van der Waals surface area contributed by atoms with Gasteiger partial charge < -0.3 is 9.84 Å². The van der Waals surface area contributed by atoms with Gasteiger partial charge in [0.25, 0.3) is 0 Å². The third-order valence-corrected chi connectivity index (χ3v) is 3.08. The number of hydrogen-bond donors (Lipinski definition) is 1. The number of aryl methyl sites for hydroxylation is 1.